The number of hydrogen-bond acceptors (Lipinski definition) is 2. The number of carbonyl (C=O) groups excluding carboxylic acids is 1. The molecule has 2 rings (SSSR count). The molecule has 0 bridgehead atoms. The van der Waals surface area contributed by atoms with Crippen molar-refractivity contribution in [1.29, 1.82) is 0 Å². The third-order valence-electron chi connectivity index (χ3n) is 2.69. The molecule has 4 nitrogen and oxygen atoms in total. The average molecular weight is 242 g/mol. The zero-order valence-electron chi connectivity index (χ0n) is 10.1. The lowest BCUT2D eigenvalue weighted by Crippen LogP contribution is -2.15. The third kappa shape index (κ3) is 2.66. The van der Waals surface area contributed by atoms with Gasteiger partial charge >= 0.3 is 0 Å². The highest BCUT2D eigenvalue weighted by Gasteiger charge is 2.07. The van der Waals surface area contributed by atoms with Crippen molar-refractivity contribution < 1.29 is 4.79 Å². The lowest BCUT2D eigenvalue weighted by atomic mass is 10.1. The standard InChI is InChI=1S/C14H14N2O2/c1-2-10-5-3-4-6-12(10)16-14(18)11-7-8-13(17)15-9-11/h3-9H,2H2,1H3,(H,15,17)(H,16,18). The molecule has 0 unspecified atom stereocenters. The molecule has 0 fully saturated rings. The largest absolute Gasteiger partial charge is 0.328 e. The van der Waals surface area contributed by atoms with Gasteiger partial charge in [0.2, 0.25) is 5.56 Å². The number of aromatic nitrogens is 1. The monoisotopic (exact) mass is 242 g/mol. The van der Waals surface area contributed by atoms with Crippen molar-refractivity contribution in [3.63, 3.8) is 0 Å². The molecule has 2 N–H and O–H groups in total. The Kier molecular flexibility index (Phi) is 3.57. The number of aryl methyl sites for hydroxylation is 1. The summed E-state index contributed by atoms with van der Waals surface area (Å²) in [5.74, 6) is -0.229. The van der Waals surface area contributed by atoms with Crippen molar-refractivity contribution in [2.24, 2.45) is 0 Å². The van der Waals surface area contributed by atoms with Crippen LogP contribution in [0.5, 0.6) is 0 Å². The molecule has 0 aliphatic rings. The minimum absolute atomic E-state index is 0.222. The molecule has 18 heavy (non-hydrogen) atoms. The van der Waals surface area contributed by atoms with Gasteiger partial charge in [-0.25, -0.2) is 0 Å². The molecule has 4 heteroatoms. The van der Waals surface area contributed by atoms with Gasteiger partial charge in [-0.3, -0.25) is 9.59 Å². The Morgan fingerprint density at radius 2 is 2.00 bits per heavy atom. The Morgan fingerprint density at radius 1 is 1.22 bits per heavy atom. The van der Waals surface area contributed by atoms with E-state index in [1.165, 1.54) is 18.3 Å². The van der Waals surface area contributed by atoms with E-state index >= 15 is 0 Å². The van der Waals surface area contributed by atoms with Crippen LogP contribution in [0.3, 0.4) is 0 Å². The second-order valence-corrected chi connectivity index (χ2v) is 3.91. The summed E-state index contributed by atoms with van der Waals surface area (Å²) >= 11 is 0. The SMILES string of the molecule is CCc1ccccc1NC(=O)c1ccc(=O)[nH]c1. The lowest BCUT2D eigenvalue weighted by molar-refractivity contribution is 0.102. The molecule has 0 spiro atoms. The fourth-order valence-electron chi connectivity index (χ4n) is 1.70. The Bertz CT molecular complexity index is 597. The van der Waals surface area contributed by atoms with E-state index in [9.17, 15) is 9.59 Å². The maximum absolute atomic E-state index is 12.0. The number of para-hydroxylation sites is 1. The van der Waals surface area contributed by atoms with E-state index in [1.807, 2.05) is 31.2 Å². The van der Waals surface area contributed by atoms with Crippen LogP contribution in [0, 0.1) is 0 Å². The summed E-state index contributed by atoms with van der Waals surface area (Å²) in [7, 11) is 0. The number of nitrogens with one attached hydrogen (secondary N) is 2. The van der Waals surface area contributed by atoms with E-state index in [4.69, 9.17) is 0 Å². The van der Waals surface area contributed by atoms with Crippen LogP contribution >= 0.6 is 0 Å². The molecule has 92 valence electrons. The second-order valence-electron chi connectivity index (χ2n) is 3.91. The van der Waals surface area contributed by atoms with Crippen LogP contribution in [-0.2, 0) is 6.42 Å². The third-order valence-corrected chi connectivity index (χ3v) is 2.69. The molecular formula is C14H14N2O2. The van der Waals surface area contributed by atoms with Gasteiger partial charge in [-0.1, -0.05) is 25.1 Å². The highest BCUT2D eigenvalue weighted by Crippen LogP contribution is 2.16. The molecule has 1 aromatic carbocycles. The second kappa shape index (κ2) is 5.31. The van der Waals surface area contributed by atoms with E-state index < -0.39 is 0 Å². The average Bonchev–Trinajstić information content (AvgIpc) is 2.40. The summed E-state index contributed by atoms with van der Waals surface area (Å²) in [6.45, 7) is 2.03. The van der Waals surface area contributed by atoms with Crippen LogP contribution in [0.1, 0.15) is 22.8 Å². The van der Waals surface area contributed by atoms with Gasteiger partial charge in [0.25, 0.3) is 5.91 Å². The minimum atomic E-state index is -0.229. The predicted molar refractivity (Wildman–Crippen MR) is 70.8 cm³/mol. The molecule has 0 aliphatic carbocycles. The first-order valence-corrected chi connectivity index (χ1v) is 5.78. The number of H-pyrrole nitrogens is 1. The Labute approximate surface area is 105 Å². The molecule has 0 aliphatic heterocycles. The van der Waals surface area contributed by atoms with Gasteiger partial charge in [0.15, 0.2) is 0 Å². The summed E-state index contributed by atoms with van der Waals surface area (Å²) in [5.41, 5.74) is 2.09. The van der Waals surface area contributed by atoms with Gasteiger partial charge < -0.3 is 10.3 Å². The number of carbonyl (C=O) groups is 1. The molecule has 0 radical (unpaired) electrons. The Balaban J connectivity index is 2.21. The minimum Gasteiger partial charge on any atom is -0.328 e. The molecule has 1 heterocycles. The van der Waals surface area contributed by atoms with Crippen LogP contribution in [0.4, 0.5) is 5.69 Å². The van der Waals surface area contributed by atoms with Crippen molar-refractivity contribution in [3.8, 4) is 0 Å². The zero-order chi connectivity index (χ0) is 13.0. The van der Waals surface area contributed by atoms with E-state index in [0.717, 1.165) is 17.7 Å². The number of amides is 1. The first-order valence-electron chi connectivity index (χ1n) is 5.78. The van der Waals surface area contributed by atoms with Gasteiger partial charge in [0.05, 0.1) is 5.56 Å². The summed E-state index contributed by atoms with van der Waals surface area (Å²) in [6, 6.07) is 10.5. The van der Waals surface area contributed by atoms with Crippen molar-refractivity contribution in [2.75, 3.05) is 5.32 Å². The first kappa shape index (κ1) is 12.1. The maximum Gasteiger partial charge on any atom is 0.257 e. The summed E-state index contributed by atoms with van der Waals surface area (Å²) in [6.07, 6.45) is 2.26. The fraction of sp³-hybridized carbons (Fsp3) is 0.143. The predicted octanol–water partition coefficient (Wildman–Crippen LogP) is 2.19. The summed E-state index contributed by atoms with van der Waals surface area (Å²) in [4.78, 5) is 25.4. The molecule has 0 atom stereocenters. The number of hydrogen-bond donors (Lipinski definition) is 2. The van der Waals surface area contributed by atoms with E-state index in [-0.39, 0.29) is 11.5 Å². The van der Waals surface area contributed by atoms with E-state index in [0.29, 0.717) is 5.56 Å². The van der Waals surface area contributed by atoms with E-state index in [1.54, 1.807) is 0 Å². The summed E-state index contributed by atoms with van der Waals surface area (Å²) in [5, 5.41) is 2.84. The molecule has 0 saturated heterocycles. The molecule has 1 amide bonds. The highest BCUT2D eigenvalue weighted by atomic mass is 16.1. The van der Waals surface area contributed by atoms with Crippen molar-refractivity contribution in [1.82, 2.24) is 4.98 Å². The smallest absolute Gasteiger partial charge is 0.257 e. The number of aromatic amines is 1. The van der Waals surface area contributed by atoms with Gasteiger partial charge in [0.1, 0.15) is 0 Å². The van der Waals surface area contributed by atoms with Crippen molar-refractivity contribution >= 4 is 11.6 Å². The summed E-state index contributed by atoms with van der Waals surface area (Å²) < 4.78 is 0. The van der Waals surface area contributed by atoms with Crippen molar-refractivity contribution in [2.45, 2.75) is 13.3 Å². The van der Waals surface area contributed by atoms with Crippen molar-refractivity contribution in [3.05, 3.63) is 64.1 Å². The van der Waals surface area contributed by atoms with Crippen LogP contribution in [-0.4, -0.2) is 10.9 Å². The quantitative estimate of drug-likeness (QED) is 0.866. The molecular weight excluding hydrogens is 228 g/mol. The number of benzene rings is 1. The van der Waals surface area contributed by atoms with E-state index in [2.05, 4.69) is 10.3 Å². The topological polar surface area (TPSA) is 62.0 Å². The van der Waals surface area contributed by atoms with Crippen LogP contribution < -0.4 is 10.9 Å². The van der Waals surface area contributed by atoms with Crippen LogP contribution in [0.15, 0.2) is 47.4 Å². The molecule has 2 aromatic rings. The number of rotatable bonds is 3. The van der Waals surface area contributed by atoms with Gasteiger partial charge in [-0.2, -0.15) is 0 Å². The highest BCUT2D eigenvalue weighted by molar-refractivity contribution is 6.04. The van der Waals surface area contributed by atoms with Gasteiger partial charge in [-0.05, 0) is 24.1 Å². The number of pyridine rings is 1. The Morgan fingerprint density at radius 3 is 2.67 bits per heavy atom. The van der Waals surface area contributed by atoms with Gasteiger partial charge in [-0.15, -0.1) is 0 Å². The van der Waals surface area contributed by atoms with Gasteiger partial charge in [0, 0.05) is 18.0 Å². The van der Waals surface area contributed by atoms with Crippen LogP contribution in [0.2, 0.25) is 0 Å². The normalized spacial score (nSPS) is 10.1. The fourth-order valence-corrected chi connectivity index (χ4v) is 1.70. The lowest BCUT2D eigenvalue weighted by Gasteiger charge is -2.09. The zero-order valence-corrected chi connectivity index (χ0v) is 10.1. The molecule has 0 saturated carbocycles. The maximum atomic E-state index is 12.0. The van der Waals surface area contributed by atoms with Crippen LogP contribution in [0.25, 0.3) is 0 Å². The first-order chi connectivity index (χ1) is 8.70. The Hall–Kier alpha value is -2.36. The molecule has 1 aromatic heterocycles. The number of anilines is 1.